The van der Waals surface area contributed by atoms with Crippen LogP contribution in [0.2, 0.25) is 0 Å². The molecule has 1 aliphatic rings. The Morgan fingerprint density at radius 2 is 2.03 bits per heavy atom. The van der Waals surface area contributed by atoms with Crippen molar-refractivity contribution in [3.8, 4) is 0 Å². The fraction of sp³-hybridized carbons (Fsp3) is 0.400. The number of rotatable bonds is 4. The van der Waals surface area contributed by atoms with Crippen molar-refractivity contribution >= 4 is 23.1 Å². The fourth-order valence-corrected chi connectivity index (χ4v) is 3.50. The number of nitrogen functional groups attached to an aromatic ring is 1. The number of amides is 1. The molecule has 1 amide bonds. The Morgan fingerprint density at radius 3 is 2.73 bits per heavy atom. The SMILES string of the molecule is CCOC(=O)N1CCC(N=c2oc3ncnc(N)c3n2Cc2ccc(F)cc2)CC1. The van der Waals surface area contributed by atoms with Crippen LogP contribution < -0.4 is 11.4 Å². The number of anilines is 1. The van der Waals surface area contributed by atoms with E-state index >= 15 is 0 Å². The van der Waals surface area contributed by atoms with Gasteiger partial charge in [-0.05, 0) is 37.5 Å². The zero-order valence-electron chi connectivity index (χ0n) is 16.6. The van der Waals surface area contributed by atoms with Crippen molar-refractivity contribution in [3.05, 3.63) is 47.7 Å². The predicted octanol–water partition coefficient (Wildman–Crippen LogP) is 2.32. The molecule has 10 heteroatoms. The lowest BCUT2D eigenvalue weighted by Crippen LogP contribution is -2.40. The van der Waals surface area contributed by atoms with E-state index in [9.17, 15) is 9.18 Å². The molecule has 1 saturated heterocycles. The highest BCUT2D eigenvalue weighted by Crippen LogP contribution is 2.19. The van der Waals surface area contributed by atoms with E-state index in [2.05, 4.69) is 9.97 Å². The zero-order chi connectivity index (χ0) is 21.1. The Bertz CT molecular complexity index is 1100. The molecule has 1 aromatic carbocycles. The van der Waals surface area contributed by atoms with Crippen LogP contribution in [-0.2, 0) is 11.3 Å². The average molecular weight is 414 g/mol. The van der Waals surface area contributed by atoms with Crippen LogP contribution in [0.15, 0.2) is 40.0 Å². The summed E-state index contributed by atoms with van der Waals surface area (Å²) >= 11 is 0. The smallest absolute Gasteiger partial charge is 0.409 e. The molecule has 0 bridgehead atoms. The molecule has 0 radical (unpaired) electrons. The van der Waals surface area contributed by atoms with Gasteiger partial charge < -0.3 is 19.8 Å². The first kappa shape index (κ1) is 19.9. The number of carbonyl (C=O) groups is 1. The third-order valence-electron chi connectivity index (χ3n) is 5.04. The standard InChI is InChI=1S/C20H23FN6O3/c1-2-29-20(28)26-9-7-15(8-10-26)25-19-27(11-13-3-5-14(21)6-4-13)16-17(22)23-12-24-18(16)30-19/h3-6,12,15H,2,7-11H2,1H3,(H2,22,23,24). The maximum Gasteiger partial charge on any atom is 0.409 e. The molecule has 3 heterocycles. The van der Waals surface area contributed by atoms with E-state index in [1.54, 1.807) is 28.5 Å². The molecule has 0 aliphatic carbocycles. The second kappa shape index (κ2) is 8.52. The number of nitrogens with two attached hydrogens (primary N) is 1. The summed E-state index contributed by atoms with van der Waals surface area (Å²) in [4.78, 5) is 26.6. The molecule has 158 valence electrons. The Kier molecular flexibility index (Phi) is 5.64. The lowest BCUT2D eigenvalue weighted by molar-refractivity contribution is 0.0971. The van der Waals surface area contributed by atoms with Crippen molar-refractivity contribution in [1.82, 2.24) is 19.4 Å². The third-order valence-corrected chi connectivity index (χ3v) is 5.04. The molecule has 3 aromatic rings. The van der Waals surface area contributed by atoms with Crippen LogP contribution in [0.3, 0.4) is 0 Å². The van der Waals surface area contributed by atoms with E-state index in [-0.39, 0.29) is 23.8 Å². The van der Waals surface area contributed by atoms with Gasteiger partial charge in [0.25, 0.3) is 11.4 Å². The van der Waals surface area contributed by atoms with Gasteiger partial charge in [0.2, 0.25) is 0 Å². The van der Waals surface area contributed by atoms with Gasteiger partial charge in [-0.2, -0.15) is 4.98 Å². The maximum absolute atomic E-state index is 13.3. The van der Waals surface area contributed by atoms with Gasteiger partial charge in [-0.1, -0.05) is 12.1 Å². The number of ether oxygens (including phenoxy) is 1. The number of halogens is 1. The second-order valence-electron chi connectivity index (χ2n) is 7.06. The number of fused-ring (bicyclic) bond motifs is 1. The van der Waals surface area contributed by atoms with Crippen LogP contribution in [0, 0.1) is 5.82 Å². The van der Waals surface area contributed by atoms with Crippen LogP contribution in [0.1, 0.15) is 25.3 Å². The van der Waals surface area contributed by atoms with Crippen LogP contribution >= 0.6 is 0 Å². The minimum Gasteiger partial charge on any atom is -0.450 e. The summed E-state index contributed by atoms with van der Waals surface area (Å²) in [5.41, 5.74) is 8.19. The number of aromatic nitrogens is 3. The Labute approximate surface area is 172 Å². The molecule has 1 aliphatic heterocycles. The Hall–Kier alpha value is -3.43. The number of hydrogen-bond donors (Lipinski definition) is 1. The molecule has 0 atom stereocenters. The summed E-state index contributed by atoms with van der Waals surface area (Å²) in [6, 6.07) is 6.18. The highest BCUT2D eigenvalue weighted by molar-refractivity contribution is 5.79. The number of hydrogen-bond acceptors (Lipinski definition) is 7. The fourth-order valence-electron chi connectivity index (χ4n) is 3.50. The first-order valence-corrected chi connectivity index (χ1v) is 9.85. The average Bonchev–Trinajstić information content (AvgIpc) is 3.08. The molecular weight excluding hydrogens is 391 g/mol. The predicted molar refractivity (Wildman–Crippen MR) is 107 cm³/mol. The van der Waals surface area contributed by atoms with E-state index in [1.807, 2.05) is 0 Å². The highest BCUT2D eigenvalue weighted by Gasteiger charge is 2.24. The molecule has 0 unspecified atom stereocenters. The van der Waals surface area contributed by atoms with Gasteiger partial charge in [0.1, 0.15) is 12.1 Å². The van der Waals surface area contributed by atoms with Crippen LogP contribution in [-0.4, -0.2) is 51.3 Å². The summed E-state index contributed by atoms with van der Waals surface area (Å²) in [6.07, 6.45) is 2.42. The van der Waals surface area contributed by atoms with Crippen LogP contribution in [0.5, 0.6) is 0 Å². The van der Waals surface area contributed by atoms with Crippen molar-refractivity contribution in [2.45, 2.75) is 32.4 Å². The van der Waals surface area contributed by atoms with Crippen molar-refractivity contribution in [1.29, 1.82) is 0 Å². The minimum atomic E-state index is -0.304. The van der Waals surface area contributed by atoms with Gasteiger partial charge in [0.15, 0.2) is 11.3 Å². The second-order valence-corrected chi connectivity index (χ2v) is 7.06. The normalized spacial score (nSPS) is 15.7. The van der Waals surface area contributed by atoms with Gasteiger partial charge in [-0.25, -0.2) is 19.2 Å². The first-order valence-electron chi connectivity index (χ1n) is 9.85. The molecule has 2 N–H and O–H groups in total. The van der Waals surface area contributed by atoms with Gasteiger partial charge in [-0.15, -0.1) is 0 Å². The van der Waals surface area contributed by atoms with E-state index in [4.69, 9.17) is 19.9 Å². The quantitative estimate of drug-likeness (QED) is 0.701. The van der Waals surface area contributed by atoms with Crippen LogP contribution in [0.4, 0.5) is 15.0 Å². The van der Waals surface area contributed by atoms with Gasteiger partial charge >= 0.3 is 6.09 Å². The number of likely N-dealkylation sites (tertiary alicyclic amines) is 1. The number of piperidine rings is 1. The molecular formula is C20H23FN6O3. The third kappa shape index (κ3) is 4.12. The summed E-state index contributed by atoms with van der Waals surface area (Å²) in [5, 5.41) is 0. The number of benzene rings is 1. The maximum atomic E-state index is 13.3. The zero-order valence-corrected chi connectivity index (χ0v) is 16.6. The number of oxazole rings is 1. The van der Waals surface area contributed by atoms with Crippen molar-refractivity contribution < 1.29 is 18.3 Å². The van der Waals surface area contributed by atoms with E-state index < -0.39 is 0 Å². The summed E-state index contributed by atoms with van der Waals surface area (Å²) in [5.74, 6) is -0.0219. The topological polar surface area (TPSA) is 112 Å². The first-order chi connectivity index (χ1) is 14.5. The van der Waals surface area contributed by atoms with E-state index in [1.165, 1.54) is 18.5 Å². The van der Waals surface area contributed by atoms with Gasteiger partial charge in [0.05, 0.1) is 19.2 Å². The Balaban J connectivity index is 1.64. The Morgan fingerprint density at radius 1 is 1.30 bits per heavy atom. The van der Waals surface area contributed by atoms with Crippen molar-refractivity contribution in [2.75, 3.05) is 25.4 Å². The van der Waals surface area contributed by atoms with Gasteiger partial charge in [-0.3, -0.25) is 4.57 Å². The lowest BCUT2D eigenvalue weighted by atomic mass is 10.1. The molecule has 0 spiro atoms. The summed E-state index contributed by atoms with van der Waals surface area (Å²) in [6.45, 7) is 3.65. The molecule has 1 fully saturated rings. The molecule has 4 rings (SSSR count). The van der Waals surface area contributed by atoms with Gasteiger partial charge in [0, 0.05) is 13.1 Å². The largest absolute Gasteiger partial charge is 0.450 e. The molecule has 0 saturated carbocycles. The molecule has 2 aromatic heterocycles. The van der Waals surface area contributed by atoms with Crippen molar-refractivity contribution in [3.63, 3.8) is 0 Å². The summed E-state index contributed by atoms with van der Waals surface area (Å²) < 4.78 is 26.0. The number of nitrogens with zero attached hydrogens (tertiary/aromatic N) is 5. The van der Waals surface area contributed by atoms with E-state index in [0.29, 0.717) is 56.0 Å². The molecule has 30 heavy (non-hydrogen) atoms. The summed E-state index contributed by atoms with van der Waals surface area (Å²) in [7, 11) is 0. The monoisotopic (exact) mass is 414 g/mol. The highest BCUT2D eigenvalue weighted by atomic mass is 19.1. The van der Waals surface area contributed by atoms with Crippen molar-refractivity contribution in [2.24, 2.45) is 4.99 Å². The van der Waals surface area contributed by atoms with E-state index in [0.717, 1.165) is 5.56 Å². The minimum absolute atomic E-state index is 0.0232. The van der Waals surface area contributed by atoms with Crippen LogP contribution in [0.25, 0.3) is 11.2 Å². The number of carbonyl (C=O) groups excluding carboxylic acids is 1. The lowest BCUT2D eigenvalue weighted by Gasteiger charge is -2.29. The molecule has 9 nitrogen and oxygen atoms in total.